The average Bonchev–Trinajstić information content (AvgIpc) is 3.04. The van der Waals surface area contributed by atoms with Gasteiger partial charge in [-0.3, -0.25) is 4.79 Å². The standard InChI is InChI=1S/C21H20F3N5O/c22-21(23,24)16-7-4-8-17(11-16)25-12-18-19-14-28(13-15-5-2-1-3-6-15)20(30)9-10-29(19)27-26-18/h1-8,11,25H,9-10,12-14H2. The van der Waals surface area contributed by atoms with Crippen LogP contribution in [0.5, 0.6) is 0 Å². The molecule has 1 aliphatic heterocycles. The number of amides is 1. The lowest BCUT2D eigenvalue weighted by molar-refractivity contribution is -0.137. The monoisotopic (exact) mass is 415 g/mol. The molecule has 0 bridgehead atoms. The van der Waals surface area contributed by atoms with Crippen molar-refractivity contribution in [3.63, 3.8) is 0 Å². The number of aryl methyl sites for hydroxylation is 1. The Labute approximate surface area is 171 Å². The van der Waals surface area contributed by atoms with Crippen LogP contribution in [-0.4, -0.2) is 25.8 Å². The Morgan fingerprint density at radius 2 is 1.87 bits per heavy atom. The molecule has 1 N–H and O–H groups in total. The number of alkyl halides is 3. The number of rotatable bonds is 5. The summed E-state index contributed by atoms with van der Waals surface area (Å²) in [6, 6.07) is 14.7. The van der Waals surface area contributed by atoms with Crippen molar-refractivity contribution in [3.8, 4) is 0 Å². The highest BCUT2D eigenvalue weighted by Gasteiger charge is 2.30. The number of nitrogens with one attached hydrogen (secondary N) is 1. The molecule has 1 aliphatic rings. The topological polar surface area (TPSA) is 63.1 Å². The highest BCUT2D eigenvalue weighted by Crippen LogP contribution is 2.30. The molecule has 0 aliphatic carbocycles. The second-order valence-corrected chi connectivity index (χ2v) is 7.12. The normalized spacial score (nSPS) is 14.4. The van der Waals surface area contributed by atoms with E-state index in [0.717, 1.165) is 23.4 Å². The first-order valence-electron chi connectivity index (χ1n) is 9.54. The van der Waals surface area contributed by atoms with Gasteiger partial charge >= 0.3 is 6.18 Å². The number of halogens is 3. The molecule has 0 spiro atoms. The molecule has 2 aromatic carbocycles. The van der Waals surface area contributed by atoms with Gasteiger partial charge < -0.3 is 10.2 Å². The van der Waals surface area contributed by atoms with Gasteiger partial charge in [0.2, 0.25) is 5.91 Å². The Hall–Kier alpha value is -3.36. The quantitative estimate of drug-likeness (QED) is 0.688. The second-order valence-electron chi connectivity index (χ2n) is 7.12. The van der Waals surface area contributed by atoms with Gasteiger partial charge in [0, 0.05) is 18.7 Å². The third-order valence-corrected chi connectivity index (χ3v) is 5.02. The van der Waals surface area contributed by atoms with Gasteiger partial charge in [-0.2, -0.15) is 13.2 Å². The average molecular weight is 415 g/mol. The third-order valence-electron chi connectivity index (χ3n) is 5.02. The van der Waals surface area contributed by atoms with Gasteiger partial charge in [0.1, 0.15) is 5.69 Å². The Morgan fingerprint density at radius 1 is 1.07 bits per heavy atom. The summed E-state index contributed by atoms with van der Waals surface area (Å²) in [5, 5.41) is 11.3. The predicted molar refractivity (Wildman–Crippen MR) is 104 cm³/mol. The van der Waals surface area contributed by atoms with Crippen LogP contribution in [-0.2, 0) is 37.1 Å². The number of nitrogens with zero attached hydrogens (tertiary/aromatic N) is 4. The highest BCUT2D eigenvalue weighted by molar-refractivity contribution is 5.76. The lowest BCUT2D eigenvalue weighted by Gasteiger charge is -2.20. The number of fused-ring (bicyclic) bond motifs is 1. The van der Waals surface area contributed by atoms with Crippen LogP contribution in [0.25, 0.3) is 0 Å². The van der Waals surface area contributed by atoms with E-state index in [-0.39, 0.29) is 12.5 Å². The zero-order valence-electron chi connectivity index (χ0n) is 16.1. The molecule has 0 fully saturated rings. The van der Waals surface area contributed by atoms with Crippen molar-refractivity contribution in [2.45, 2.75) is 38.8 Å². The summed E-state index contributed by atoms with van der Waals surface area (Å²) in [6.07, 6.45) is -4.08. The Morgan fingerprint density at radius 3 is 2.63 bits per heavy atom. The summed E-state index contributed by atoms with van der Waals surface area (Å²) in [5.74, 6) is 0.0288. The van der Waals surface area contributed by atoms with Crippen molar-refractivity contribution in [3.05, 3.63) is 77.1 Å². The number of anilines is 1. The number of hydrogen-bond donors (Lipinski definition) is 1. The molecule has 30 heavy (non-hydrogen) atoms. The smallest absolute Gasteiger partial charge is 0.379 e. The number of carbonyl (C=O) groups excluding carboxylic acids is 1. The summed E-state index contributed by atoms with van der Waals surface area (Å²) < 4.78 is 40.5. The van der Waals surface area contributed by atoms with Crippen molar-refractivity contribution >= 4 is 11.6 Å². The van der Waals surface area contributed by atoms with E-state index in [4.69, 9.17) is 0 Å². The minimum Gasteiger partial charge on any atom is -0.379 e. The number of carbonyl (C=O) groups is 1. The van der Waals surface area contributed by atoms with Crippen LogP contribution in [0.15, 0.2) is 54.6 Å². The number of benzene rings is 2. The Balaban J connectivity index is 1.50. The minimum atomic E-state index is -4.40. The maximum Gasteiger partial charge on any atom is 0.416 e. The van der Waals surface area contributed by atoms with E-state index >= 15 is 0 Å². The molecule has 0 saturated carbocycles. The molecule has 4 rings (SSSR count). The summed E-state index contributed by atoms with van der Waals surface area (Å²) in [4.78, 5) is 14.3. The summed E-state index contributed by atoms with van der Waals surface area (Å²) in [6.45, 7) is 1.46. The molecular weight excluding hydrogens is 395 g/mol. The second kappa shape index (κ2) is 8.17. The first-order valence-corrected chi connectivity index (χ1v) is 9.54. The molecule has 3 aromatic rings. The SMILES string of the molecule is O=C1CCn2nnc(CNc3cccc(C(F)(F)F)c3)c2CN1Cc1ccccc1. The van der Waals surface area contributed by atoms with Gasteiger partial charge in [0.25, 0.3) is 0 Å². The minimum absolute atomic E-state index is 0.0288. The van der Waals surface area contributed by atoms with E-state index < -0.39 is 11.7 Å². The van der Waals surface area contributed by atoms with Gasteiger partial charge in [-0.05, 0) is 23.8 Å². The van der Waals surface area contributed by atoms with E-state index in [9.17, 15) is 18.0 Å². The van der Waals surface area contributed by atoms with Crippen molar-refractivity contribution in [1.82, 2.24) is 19.9 Å². The molecule has 1 amide bonds. The fourth-order valence-corrected chi connectivity index (χ4v) is 3.43. The van der Waals surface area contributed by atoms with Gasteiger partial charge in [0.15, 0.2) is 0 Å². The number of hydrogen-bond acceptors (Lipinski definition) is 4. The van der Waals surface area contributed by atoms with Crippen LogP contribution in [0.1, 0.15) is 28.9 Å². The van der Waals surface area contributed by atoms with Crippen molar-refractivity contribution < 1.29 is 18.0 Å². The summed E-state index contributed by atoms with van der Waals surface area (Å²) in [7, 11) is 0. The molecule has 0 radical (unpaired) electrons. The lowest BCUT2D eigenvalue weighted by atomic mass is 10.2. The molecule has 2 heterocycles. The molecule has 0 unspecified atom stereocenters. The zero-order chi connectivity index (χ0) is 21.1. The van der Waals surface area contributed by atoms with Crippen molar-refractivity contribution in [2.24, 2.45) is 0 Å². The van der Waals surface area contributed by atoms with Crippen LogP contribution in [0.3, 0.4) is 0 Å². The first kappa shape index (κ1) is 19.9. The van der Waals surface area contributed by atoms with Crippen LogP contribution in [0.2, 0.25) is 0 Å². The van der Waals surface area contributed by atoms with Gasteiger partial charge in [0.05, 0.1) is 30.9 Å². The Kier molecular flexibility index (Phi) is 5.43. The molecule has 1 aromatic heterocycles. The van der Waals surface area contributed by atoms with Gasteiger partial charge in [-0.25, -0.2) is 4.68 Å². The van der Waals surface area contributed by atoms with E-state index in [1.54, 1.807) is 15.6 Å². The van der Waals surface area contributed by atoms with Crippen LogP contribution >= 0.6 is 0 Å². The molecule has 9 heteroatoms. The zero-order valence-corrected chi connectivity index (χ0v) is 16.1. The van der Waals surface area contributed by atoms with E-state index in [2.05, 4.69) is 15.6 Å². The van der Waals surface area contributed by atoms with E-state index in [1.165, 1.54) is 6.07 Å². The summed E-state index contributed by atoms with van der Waals surface area (Å²) in [5.41, 5.74) is 2.05. The van der Waals surface area contributed by atoms with Crippen LogP contribution < -0.4 is 5.32 Å². The van der Waals surface area contributed by atoms with Crippen LogP contribution in [0, 0.1) is 0 Å². The lowest BCUT2D eigenvalue weighted by Crippen LogP contribution is -2.29. The van der Waals surface area contributed by atoms with Crippen molar-refractivity contribution in [1.29, 1.82) is 0 Å². The maximum absolute atomic E-state index is 12.9. The van der Waals surface area contributed by atoms with E-state index in [1.807, 2.05) is 30.3 Å². The van der Waals surface area contributed by atoms with Gasteiger partial charge in [-0.15, -0.1) is 5.10 Å². The Bertz CT molecular complexity index is 1030. The maximum atomic E-state index is 12.9. The molecule has 0 saturated heterocycles. The van der Waals surface area contributed by atoms with Gasteiger partial charge in [-0.1, -0.05) is 41.6 Å². The molecule has 0 atom stereocenters. The van der Waals surface area contributed by atoms with Crippen molar-refractivity contribution in [2.75, 3.05) is 5.32 Å². The molecule has 6 nitrogen and oxygen atoms in total. The first-order chi connectivity index (χ1) is 14.4. The fourth-order valence-electron chi connectivity index (χ4n) is 3.43. The fraction of sp³-hybridized carbons (Fsp3) is 0.286. The van der Waals surface area contributed by atoms with Crippen LogP contribution in [0.4, 0.5) is 18.9 Å². The predicted octanol–water partition coefficient (Wildman–Crippen LogP) is 3.84. The largest absolute Gasteiger partial charge is 0.416 e. The number of aromatic nitrogens is 3. The molecule has 156 valence electrons. The highest BCUT2D eigenvalue weighted by atomic mass is 19.4. The summed E-state index contributed by atoms with van der Waals surface area (Å²) >= 11 is 0. The third kappa shape index (κ3) is 4.45. The molecular formula is C21H20F3N5O. The van der Waals surface area contributed by atoms with E-state index in [0.29, 0.717) is 37.4 Å².